The number of benzene rings is 2. The predicted octanol–water partition coefficient (Wildman–Crippen LogP) is 3.17. The summed E-state index contributed by atoms with van der Waals surface area (Å²) in [5.74, 6) is 2.52. The van der Waals surface area contributed by atoms with Crippen LogP contribution < -0.4 is 25.3 Å². The van der Waals surface area contributed by atoms with Crippen LogP contribution in [-0.2, 0) is 19.3 Å². The average Bonchev–Trinajstić information content (AvgIpc) is 3.15. The Labute approximate surface area is 160 Å². The molecule has 0 bridgehead atoms. The van der Waals surface area contributed by atoms with Crippen LogP contribution in [0.2, 0.25) is 0 Å². The molecule has 0 spiro atoms. The van der Waals surface area contributed by atoms with Gasteiger partial charge in [0.2, 0.25) is 0 Å². The van der Waals surface area contributed by atoms with Gasteiger partial charge in [-0.1, -0.05) is 6.07 Å². The van der Waals surface area contributed by atoms with Crippen LogP contribution in [0.4, 0.5) is 5.69 Å². The van der Waals surface area contributed by atoms with Crippen molar-refractivity contribution in [3.8, 4) is 17.2 Å². The van der Waals surface area contributed by atoms with Crippen LogP contribution in [0.25, 0.3) is 0 Å². The van der Waals surface area contributed by atoms with E-state index in [0.29, 0.717) is 36.2 Å². The fraction of sp³-hybridized carbons (Fsp3) is 0.381. The summed E-state index contributed by atoms with van der Waals surface area (Å²) < 4.78 is 16.2. The van der Waals surface area contributed by atoms with E-state index in [0.717, 1.165) is 17.7 Å². The van der Waals surface area contributed by atoms with E-state index in [1.807, 2.05) is 12.1 Å². The third kappa shape index (κ3) is 4.45. The monoisotopic (exact) mass is 369 g/mol. The highest BCUT2D eigenvalue weighted by atomic mass is 16.5. The van der Waals surface area contributed by atoms with E-state index in [1.54, 1.807) is 21.3 Å². The maximum absolute atomic E-state index is 6.06. The highest BCUT2D eigenvalue weighted by Crippen LogP contribution is 2.34. The molecular weight excluding hydrogens is 342 g/mol. The molecule has 0 heterocycles. The standard InChI is InChI=1S/C21H27N3O3/c1-25-17-12-19(26-2)18(20(13-17)27-3)9-10-23-21(22)24-16-8-7-14-5-4-6-15(14)11-16/h7-8,11-13H,4-6,9-10H2,1-3H3,(H3,22,23,24). The van der Waals surface area contributed by atoms with Gasteiger partial charge in [-0.05, 0) is 48.9 Å². The number of fused-ring (bicyclic) bond motifs is 1. The molecule has 0 amide bonds. The van der Waals surface area contributed by atoms with Gasteiger partial charge in [0.1, 0.15) is 17.2 Å². The number of guanidine groups is 1. The Kier molecular flexibility index (Phi) is 6.06. The van der Waals surface area contributed by atoms with Gasteiger partial charge in [-0.2, -0.15) is 0 Å². The zero-order valence-corrected chi connectivity index (χ0v) is 16.2. The average molecular weight is 369 g/mol. The second kappa shape index (κ2) is 8.66. The Hall–Kier alpha value is -2.89. The molecule has 27 heavy (non-hydrogen) atoms. The van der Waals surface area contributed by atoms with E-state index in [-0.39, 0.29) is 0 Å². The number of hydrogen-bond acceptors (Lipinski definition) is 4. The number of nitrogens with one attached hydrogen (secondary N) is 1. The van der Waals surface area contributed by atoms with Crippen molar-refractivity contribution >= 4 is 11.6 Å². The van der Waals surface area contributed by atoms with Gasteiger partial charge in [0, 0.05) is 29.9 Å². The number of nitrogens with two attached hydrogens (primary N) is 1. The van der Waals surface area contributed by atoms with Crippen LogP contribution >= 0.6 is 0 Å². The number of aliphatic imine (C=N–C) groups is 1. The highest BCUT2D eigenvalue weighted by Gasteiger charge is 2.13. The number of rotatable bonds is 7. The van der Waals surface area contributed by atoms with Gasteiger partial charge in [0.15, 0.2) is 5.96 Å². The molecule has 3 N–H and O–H groups in total. The molecule has 3 rings (SSSR count). The lowest BCUT2D eigenvalue weighted by Gasteiger charge is -2.14. The van der Waals surface area contributed by atoms with Crippen molar-refractivity contribution in [2.24, 2.45) is 10.7 Å². The first-order valence-electron chi connectivity index (χ1n) is 9.12. The number of nitrogens with zero attached hydrogens (tertiary/aromatic N) is 1. The summed E-state index contributed by atoms with van der Waals surface area (Å²) in [5, 5.41) is 3.18. The Bertz CT molecular complexity index is 808. The van der Waals surface area contributed by atoms with Gasteiger partial charge in [-0.15, -0.1) is 0 Å². The zero-order chi connectivity index (χ0) is 19.2. The smallest absolute Gasteiger partial charge is 0.193 e. The Morgan fingerprint density at radius 2 is 1.70 bits per heavy atom. The lowest BCUT2D eigenvalue weighted by Crippen LogP contribution is -2.23. The summed E-state index contributed by atoms with van der Waals surface area (Å²) in [6.07, 6.45) is 4.18. The predicted molar refractivity (Wildman–Crippen MR) is 108 cm³/mol. The number of aryl methyl sites for hydroxylation is 2. The molecule has 144 valence electrons. The lowest BCUT2D eigenvalue weighted by molar-refractivity contribution is 0.369. The van der Waals surface area contributed by atoms with Gasteiger partial charge in [0.25, 0.3) is 0 Å². The zero-order valence-electron chi connectivity index (χ0n) is 16.2. The second-order valence-corrected chi connectivity index (χ2v) is 6.49. The minimum absolute atomic E-state index is 0.402. The van der Waals surface area contributed by atoms with Crippen molar-refractivity contribution in [3.05, 3.63) is 47.0 Å². The molecule has 0 saturated carbocycles. The summed E-state index contributed by atoms with van der Waals surface area (Å²) in [6.45, 7) is 0.517. The van der Waals surface area contributed by atoms with Crippen LogP contribution in [0, 0.1) is 0 Å². The van der Waals surface area contributed by atoms with Crippen LogP contribution in [0.1, 0.15) is 23.1 Å². The maximum Gasteiger partial charge on any atom is 0.193 e. The van der Waals surface area contributed by atoms with Crippen LogP contribution in [0.5, 0.6) is 17.2 Å². The molecule has 0 atom stereocenters. The van der Waals surface area contributed by atoms with E-state index in [1.165, 1.54) is 24.0 Å². The Morgan fingerprint density at radius 1 is 1.00 bits per heavy atom. The summed E-state index contributed by atoms with van der Waals surface area (Å²) in [6, 6.07) is 10.1. The number of ether oxygens (including phenoxy) is 3. The maximum atomic E-state index is 6.06. The summed E-state index contributed by atoms with van der Waals surface area (Å²) >= 11 is 0. The van der Waals surface area contributed by atoms with Crippen LogP contribution in [-0.4, -0.2) is 33.8 Å². The molecule has 0 radical (unpaired) electrons. The summed E-state index contributed by atoms with van der Waals surface area (Å²) in [7, 11) is 4.87. The first-order chi connectivity index (χ1) is 13.1. The second-order valence-electron chi connectivity index (χ2n) is 6.49. The molecule has 2 aromatic carbocycles. The topological polar surface area (TPSA) is 78.1 Å². The molecule has 6 heteroatoms. The normalized spacial score (nSPS) is 13.2. The Balaban J connectivity index is 1.66. The molecular formula is C21H27N3O3. The van der Waals surface area contributed by atoms with Gasteiger partial charge < -0.3 is 25.3 Å². The van der Waals surface area contributed by atoms with E-state index in [9.17, 15) is 0 Å². The van der Waals surface area contributed by atoms with Gasteiger partial charge >= 0.3 is 0 Å². The number of methoxy groups -OCH3 is 3. The lowest BCUT2D eigenvalue weighted by atomic mass is 10.1. The minimum atomic E-state index is 0.402. The third-order valence-electron chi connectivity index (χ3n) is 4.83. The fourth-order valence-electron chi connectivity index (χ4n) is 3.45. The Morgan fingerprint density at radius 3 is 2.37 bits per heavy atom. The van der Waals surface area contributed by atoms with Gasteiger partial charge in [-0.3, -0.25) is 4.99 Å². The summed E-state index contributed by atoms with van der Waals surface area (Å²) in [4.78, 5) is 4.44. The van der Waals surface area contributed by atoms with E-state index in [4.69, 9.17) is 19.9 Å². The molecule has 1 aliphatic rings. The van der Waals surface area contributed by atoms with Crippen molar-refractivity contribution in [2.75, 3.05) is 33.2 Å². The largest absolute Gasteiger partial charge is 0.496 e. The van der Waals surface area contributed by atoms with E-state index in [2.05, 4.69) is 28.5 Å². The highest BCUT2D eigenvalue weighted by molar-refractivity contribution is 5.92. The van der Waals surface area contributed by atoms with Crippen molar-refractivity contribution in [3.63, 3.8) is 0 Å². The van der Waals surface area contributed by atoms with Crippen molar-refractivity contribution in [1.29, 1.82) is 0 Å². The van der Waals surface area contributed by atoms with Crippen molar-refractivity contribution < 1.29 is 14.2 Å². The van der Waals surface area contributed by atoms with Crippen LogP contribution in [0.3, 0.4) is 0 Å². The molecule has 0 saturated heterocycles. The number of anilines is 1. The first-order valence-corrected chi connectivity index (χ1v) is 9.12. The molecule has 0 aromatic heterocycles. The number of hydrogen-bond donors (Lipinski definition) is 2. The van der Waals surface area contributed by atoms with Crippen molar-refractivity contribution in [2.45, 2.75) is 25.7 Å². The first kappa shape index (κ1) is 18.9. The minimum Gasteiger partial charge on any atom is -0.496 e. The quantitative estimate of drug-likeness (QED) is 0.579. The molecule has 1 aliphatic carbocycles. The summed E-state index contributed by atoms with van der Waals surface area (Å²) in [5.41, 5.74) is 10.8. The van der Waals surface area contributed by atoms with Crippen molar-refractivity contribution in [1.82, 2.24) is 0 Å². The fourth-order valence-corrected chi connectivity index (χ4v) is 3.45. The van der Waals surface area contributed by atoms with Crippen LogP contribution in [0.15, 0.2) is 35.3 Å². The molecule has 0 fully saturated rings. The molecule has 0 aliphatic heterocycles. The SMILES string of the molecule is COc1cc(OC)c(CCN=C(N)Nc2ccc3c(c2)CCC3)c(OC)c1. The molecule has 2 aromatic rings. The third-order valence-corrected chi connectivity index (χ3v) is 4.83. The molecule has 0 unspecified atom stereocenters. The van der Waals surface area contributed by atoms with Gasteiger partial charge in [0.05, 0.1) is 21.3 Å². The van der Waals surface area contributed by atoms with Gasteiger partial charge in [-0.25, -0.2) is 0 Å². The van der Waals surface area contributed by atoms with E-state index < -0.39 is 0 Å². The molecule has 6 nitrogen and oxygen atoms in total. The van der Waals surface area contributed by atoms with E-state index >= 15 is 0 Å².